The number of rotatable bonds is 10. The second kappa shape index (κ2) is 11.1. The average molecular weight is 469 g/mol. The molecular weight excluding hydrogens is 440 g/mol. The van der Waals surface area contributed by atoms with Crippen LogP contribution in [0.2, 0.25) is 0 Å². The van der Waals surface area contributed by atoms with Crippen LogP contribution in [-0.2, 0) is 0 Å². The molecule has 1 aromatic heterocycles. The normalized spacial score (nSPS) is 11.5. The lowest BCUT2D eigenvalue weighted by molar-refractivity contribution is 0.303. The van der Waals surface area contributed by atoms with Crippen LogP contribution < -0.4 is 10.1 Å². The minimum Gasteiger partial charge on any atom is -0.497 e. The summed E-state index contributed by atoms with van der Waals surface area (Å²) in [5.41, 5.74) is 2.00. The Labute approximate surface area is 187 Å². The molecule has 5 nitrogen and oxygen atoms in total. The van der Waals surface area contributed by atoms with Gasteiger partial charge in [0, 0.05) is 16.4 Å². The summed E-state index contributed by atoms with van der Waals surface area (Å²) >= 11 is 3.56. The molecule has 2 aromatic carbocycles. The molecule has 0 atom stereocenters. The highest BCUT2D eigenvalue weighted by atomic mass is 79.9. The molecular formula is C24H29BrN4O. The van der Waals surface area contributed by atoms with Crippen LogP contribution in [0.3, 0.4) is 0 Å². The number of hydrogen-bond donors (Lipinski definition) is 1. The molecule has 30 heavy (non-hydrogen) atoms. The molecule has 158 valence electrons. The van der Waals surface area contributed by atoms with Gasteiger partial charge >= 0.3 is 0 Å². The molecule has 0 bridgehead atoms. The number of anilines is 1. The molecule has 6 heteroatoms. The highest BCUT2D eigenvalue weighted by Gasteiger charge is 2.08. The largest absolute Gasteiger partial charge is 0.497 e. The molecule has 3 rings (SSSR count). The first-order chi connectivity index (χ1) is 14.6. The lowest BCUT2D eigenvalue weighted by Crippen LogP contribution is -2.25. The van der Waals surface area contributed by atoms with Gasteiger partial charge < -0.3 is 15.0 Å². The maximum atomic E-state index is 5.22. The number of halogens is 1. The summed E-state index contributed by atoms with van der Waals surface area (Å²) in [6.07, 6.45) is 5.03. The van der Waals surface area contributed by atoms with Crippen molar-refractivity contribution in [2.45, 2.75) is 20.3 Å². The SMILES string of the molecule is CCN(CC)CCCNc1nc(/C=C/c2ccc(OC)cc2)nc2ccc(Br)cc12. The molecule has 0 saturated heterocycles. The summed E-state index contributed by atoms with van der Waals surface area (Å²) in [6, 6.07) is 14.0. The fraction of sp³-hybridized carbons (Fsp3) is 0.333. The predicted molar refractivity (Wildman–Crippen MR) is 130 cm³/mol. The molecule has 0 aliphatic heterocycles. The zero-order chi connectivity index (χ0) is 21.3. The van der Waals surface area contributed by atoms with Gasteiger partial charge in [-0.2, -0.15) is 0 Å². The molecule has 0 saturated carbocycles. The smallest absolute Gasteiger partial charge is 0.154 e. The molecule has 0 aliphatic carbocycles. The average Bonchev–Trinajstić information content (AvgIpc) is 2.78. The van der Waals surface area contributed by atoms with Crippen molar-refractivity contribution in [2.24, 2.45) is 0 Å². The van der Waals surface area contributed by atoms with Crippen LogP contribution in [-0.4, -0.2) is 48.2 Å². The van der Waals surface area contributed by atoms with Gasteiger partial charge in [0.25, 0.3) is 0 Å². The van der Waals surface area contributed by atoms with Crippen LogP contribution in [0.25, 0.3) is 23.1 Å². The number of fused-ring (bicyclic) bond motifs is 1. The quantitative estimate of drug-likeness (QED) is 0.385. The van der Waals surface area contributed by atoms with Crippen molar-refractivity contribution in [2.75, 3.05) is 38.6 Å². The van der Waals surface area contributed by atoms with E-state index < -0.39 is 0 Å². The first-order valence-corrected chi connectivity index (χ1v) is 11.2. The van der Waals surface area contributed by atoms with Crippen LogP contribution in [0.5, 0.6) is 5.75 Å². The Morgan fingerprint density at radius 1 is 1.03 bits per heavy atom. The van der Waals surface area contributed by atoms with Crippen molar-refractivity contribution in [3.63, 3.8) is 0 Å². The lowest BCUT2D eigenvalue weighted by Gasteiger charge is -2.18. The molecule has 0 fully saturated rings. The Morgan fingerprint density at radius 3 is 2.50 bits per heavy atom. The second-order valence-electron chi connectivity index (χ2n) is 7.01. The number of hydrogen-bond acceptors (Lipinski definition) is 5. The van der Waals surface area contributed by atoms with E-state index in [0.29, 0.717) is 5.82 Å². The minimum absolute atomic E-state index is 0.687. The third-order valence-corrected chi connectivity index (χ3v) is 5.55. The third-order valence-electron chi connectivity index (χ3n) is 5.05. The molecule has 1 N–H and O–H groups in total. The fourth-order valence-electron chi connectivity index (χ4n) is 3.26. The second-order valence-corrected chi connectivity index (χ2v) is 7.92. The standard InChI is InChI=1S/C24H29BrN4O/c1-4-29(5-2)16-6-15-26-24-21-17-19(25)10-13-22(21)27-23(28-24)14-9-18-7-11-20(30-3)12-8-18/h7-14,17H,4-6,15-16H2,1-3H3,(H,26,27,28)/b14-9+. The third kappa shape index (κ3) is 6.03. The number of benzene rings is 2. The van der Waals surface area contributed by atoms with Gasteiger partial charge in [-0.05, 0) is 68.0 Å². The van der Waals surface area contributed by atoms with E-state index >= 15 is 0 Å². The highest BCUT2D eigenvalue weighted by Crippen LogP contribution is 2.25. The van der Waals surface area contributed by atoms with Gasteiger partial charge in [0.05, 0.1) is 12.6 Å². The van der Waals surface area contributed by atoms with Crippen molar-refractivity contribution >= 4 is 44.8 Å². The molecule has 0 spiro atoms. The van der Waals surface area contributed by atoms with Gasteiger partial charge in [-0.15, -0.1) is 0 Å². The molecule has 0 amide bonds. The Balaban J connectivity index is 1.79. The van der Waals surface area contributed by atoms with Crippen LogP contribution in [0, 0.1) is 0 Å². The summed E-state index contributed by atoms with van der Waals surface area (Å²) in [5.74, 6) is 2.40. The first kappa shape index (κ1) is 22.2. The summed E-state index contributed by atoms with van der Waals surface area (Å²) in [4.78, 5) is 11.9. The topological polar surface area (TPSA) is 50.3 Å². The Hall–Kier alpha value is -2.44. The Morgan fingerprint density at radius 2 is 1.80 bits per heavy atom. The number of methoxy groups -OCH3 is 1. The van der Waals surface area contributed by atoms with Crippen LogP contribution >= 0.6 is 15.9 Å². The summed E-state index contributed by atoms with van der Waals surface area (Å²) in [7, 11) is 1.67. The number of ether oxygens (including phenoxy) is 1. The van der Waals surface area contributed by atoms with E-state index in [1.54, 1.807) is 7.11 Å². The van der Waals surface area contributed by atoms with Crippen LogP contribution in [0.1, 0.15) is 31.7 Å². The minimum atomic E-state index is 0.687. The summed E-state index contributed by atoms with van der Waals surface area (Å²) in [6.45, 7) is 8.52. The van der Waals surface area contributed by atoms with Crippen molar-refractivity contribution in [3.05, 3.63) is 58.3 Å². The maximum Gasteiger partial charge on any atom is 0.154 e. The molecule has 3 aromatic rings. The molecule has 0 aliphatic rings. The van der Waals surface area contributed by atoms with E-state index in [1.807, 2.05) is 48.6 Å². The maximum absolute atomic E-state index is 5.22. The number of nitrogens with one attached hydrogen (secondary N) is 1. The van der Waals surface area contributed by atoms with Gasteiger partial charge in [0.1, 0.15) is 11.6 Å². The zero-order valence-electron chi connectivity index (χ0n) is 17.9. The molecule has 0 unspecified atom stereocenters. The van der Waals surface area contributed by atoms with Crippen molar-refractivity contribution in [3.8, 4) is 5.75 Å². The highest BCUT2D eigenvalue weighted by molar-refractivity contribution is 9.10. The summed E-state index contributed by atoms with van der Waals surface area (Å²) in [5, 5.41) is 4.55. The fourth-order valence-corrected chi connectivity index (χ4v) is 3.62. The van der Waals surface area contributed by atoms with Crippen LogP contribution in [0.4, 0.5) is 5.82 Å². The zero-order valence-corrected chi connectivity index (χ0v) is 19.4. The van der Waals surface area contributed by atoms with Gasteiger partial charge in [-0.1, -0.05) is 48.0 Å². The van der Waals surface area contributed by atoms with Gasteiger partial charge in [-0.3, -0.25) is 0 Å². The van der Waals surface area contributed by atoms with E-state index in [2.05, 4.69) is 46.1 Å². The van der Waals surface area contributed by atoms with Crippen LogP contribution in [0.15, 0.2) is 46.9 Å². The van der Waals surface area contributed by atoms with Gasteiger partial charge in [-0.25, -0.2) is 9.97 Å². The predicted octanol–water partition coefficient (Wildman–Crippen LogP) is 5.72. The van der Waals surface area contributed by atoms with E-state index in [0.717, 1.165) is 65.1 Å². The van der Waals surface area contributed by atoms with E-state index in [-0.39, 0.29) is 0 Å². The van der Waals surface area contributed by atoms with Crippen molar-refractivity contribution in [1.82, 2.24) is 14.9 Å². The number of nitrogens with zero attached hydrogens (tertiary/aromatic N) is 3. The number of aromatic nitrogens is 2. The van der Waals surface area contributed by atoms with E-state index in [1.165, 1.54) is 0 Å². The molecule has 0 radical (unpaired) electrons. The first-order valence-electron chi connectivity index (χ1n) is 10.4. The monoisotopic (exact) mass is 468 g/mol. The van der Waals surface area contributed by atoms with E-state index in [4.69, 9.17) is 14.7 Å². The van der Waals surface area contributed by atoms with E-state index in [9.17, 15) is 0 Å². The van der Waals surface area contributed by atoms with Gasteiger partial charge in [0.15, 0.2) is 5.82 Å². The Kier molecular flexibility index (Phi) is 8.22. The lowest BCUT2D eigenvalue weighted by atomic mass is 10.2. The Bertz CT molecular complexity index is 984. The van der Waals surface area contributed by atoms with Crippen molar-refractivity contribution < 1.29 is 4.74 Å². The van der Waals surface area contributed by atoms with Crippen molar-refractivity contribution in [1.29, 1.82) is 0 Å². The molecule has 1 heterocycles. The summed E-state index contributed by atoms with van der Waals surface area (Å²) < 4.78 is 6.24. The van der Waals surface area contributed by atoms with Gasteiger partial charge in [0.2, 0.25) is 0 Å².